The molecule has 0 atom stereocenters. The average Bonchev–Trinajstić information content (AvgIpc) is 0.909. The molecule has 546 valence electrons. The van der Waals surface area contributed by atoms with Crippen molar-refractivity contribution in [2.75, 3.05) is 0 Å². The van der Waals surface area contributed by atoms with Crippen molar-refractivity contribution in [2.24, 2.45) is 0 Å². The molecule has 6 heterocycles. The van der Waals surface area contributed by atoms with E-state index in [1.165, 1.54) is 160 Å². The molecule has 0 N–H and O–H groups in total. The summed E-state index contributed by atoms with van der Waals surface area (Å²) in [4.78, 5) is 22.0. The van der Waals surface area contributed by atoms with Crippen LogP contribution in [0.5, 0.6) is 0 Å². The van der Waals surface area contributed by atoms with E-state index in [9.17, 15) is 26.3 Å². The molecule has 0 radical (unpaired) electrons. The molecule has 0 unspecified atom stereocenters. The van der Waals surface area contributed by atoms with Crippen LogP contribution in [0.2, 0.25) is 0 Å². The fourth-order valence-corrected chi connectivity index (χ4v) is 11.5. The Hall–Kier alpha value is -10.2. The zero-order valence-corrected chi connectivity index (χ0v) is 62.0. The SMILES string of the molecule is CCCCCCCc1ccc(-c2ccc(F)nc2)cc1.CCCCCCc1ccc(-c2ccc(F)nc2)cc1.CCCCCc1ccc(-c2ccc(F)nc2)cc1.CCCCc1ccc(-c2ccc(F)nc2)cc1.CCCc1ccc(-c2ccc(F)nc2)cc1.CCc1ccc(-c2ccc(F)nc2)cc1. The van der Waals surface area contributed by atoms with Gasteiger partial charge in [-0.1, -0.05) is 258 Å². The first kappa shape index (κ1) is 82.1. The Morgan fingerprint density at radius 1 is 0.171 bits per heavy atom. The van der Waals surface area contributed by atoms with Crippen molar-refractivity contribution in [3.63, 3.8) is 0 Å². The number of aromatic nitrogens is 6. The molecule has 0 spiro atoms. The van der Waals surface area contributed by atoms with Crippen LogP contribution in [0.15, 0.2) is 256 Å². The smallest absolute Gasteiger partial charge is 0.212 e. The van der Waals surface area contributed by atoms with Crippen LogP contribution in [0.1, 0.15) is 171 Å². The van der Waals surface area contributed by atoms with Gasteiger partial charge in [-0.05, 0) is 204 Å². The Morgan fingerprint density at radius 2 is 0.352 bits per heavy atom. The molecule has 0 aliphatic rings. The molecule has 6 aromatic heterocycles. The summed E-state index contributed by atoms with van der Waals surface area (Å²) >= 11 is 0. The average molecular weight is 1420 g/mol. The van der Waals surface area contributed by atoms with Crippen molar-refractivity contribution in [1.29, 1.82) is 0 Å². The van der Waals surface area contributed by atoms with Crippen LogP contribution >= 0.6 is 0 Å². The molecule has 0 saturated carbocycles. The van der Waals surface area contributed by atoms with Gasteiger partial charge < -0.3 is 0 Å². The van der Waals surface area contributed by atoms with Crippen molar-refractivity contribution in [3.8, 4) is 66.8 Å². The number of hydrogen-bond acceptors (Lipinski definition) is 6. The van der Waals surface area contributed by atoms with Crippen molar-refractivity contribution in [2.45, 2.75) is 176 Å². The number of halogens is 6. The Morgan fingerprint density at radius 3 is 0.562 bits per heavy atom. The van der Waals surface area contributed by atoms with Crippen molar-refractivity contribution in [1.82, 2.24) is 29.9 Å². The second kappa shape index (κ2) is 47.2. The Labute approximate surface area is 620 Å². The minimum absolute atomic E-state index is 0.433. The number of benzene rings is 6. The highest BCUT2D eigenvalue weighted by molar-refractivity contribution is 5.66. The van der Waals surface area contributed by atoms with Gasteiger partial charge in [0.2, 0.25) is 35.7 Å². The molecular weight excluding hydrogens is 1320 g/mol. The van der Waals surface area contributed by atoms with Crippen molar-refractivity contribution >= 4 is 0 Å². The fraction of sp³-hybridized carbons (Fsp3) is 0.290. The number of hydrogen-bond donors (Lipinski definition) is 0. The van der Waals surface area contributed by atoms with Gasteiger partial charge in [0.05, 0.1) is 0 Å². The van der Waals surface area contributed by atoms with Gasteiger partial charge in [0.25, 0.3) is 0 Å². The molecule has 105 heavy (non-hydrogen) atoms. The van der Waals surface area contributed by atoms with Crippen LogP contribution in [-0.4, -0.2) is 29.9 Å². The predicted octanol–water partition coefficient (Wildman–Crippen LogP) is 26.6. The first-order chi connectivity index (χ1) is 51.3. The van der Waals surface area contributed by atoms with E-state index < -0.39 is 35.7 Å². The van der Waals surface area contributed by atoms with E-state index >= 15 is 0 Å². The van der Waals surface area contributed by atoms with Gasteiger partial charge in [0, 0.05) is 70.6 Å². The van der Waals surface area contributed by atoms with E-state index in [0.29, 0.717) is 0 Å². The highest BCUT2D eigenvalue weighted by atomic mass is 19.2. The van der Waals surface area contributed by atoms with E-state index in [1.54, 1.807) is 73.6 Å². The largest absolute Gasteiger partial charge is 0.228 e. The lowest BCUT2D eigenvalue weighted by molar-refractivity contribution is 0.583. The standard InChI is InChI=1S/C18H22FN.C17H20FN.C16H18FN.C15H16FN.C14H14FN.C13H12FN/c1-2-3-4-5-6-7-15-8-10-16(11-9-15)17-12-13-18(19)20-14-17;1-2-3-4-5-6-14-7-9-15(10-8-14)16-11-12-17(18)19-13-16;1-2-3-4-5-13-6-8-14(9-7-13)15-10-11-16(17)18-12-15;1-2-3-4-12-5-7-13(8-6-12)14-9-10-15(16)17-11-14;1-2-3-11-4-6-12(7-5-11)13-8-9-14(15)16-10-13;1-2-10-3-5-11(6-4-10)12-7-8-13(14)15-9-12/h8-14H,2-7H2,1H3;7-13H,2-6H2,1H3;6-12H,2-5H2,1H3;5-11H,2-4H2,1H3;4-10H,2-3H2,1H3;3-9H,2H2,1H3. The van der Waals surface area contributed by atoms with Crippen LogP contribution in [0.3, 0.4) is 0 Å². The van der Waals surface area contributed by atoms with Gasteiger partial charge in [0.1, 0.15) is 0 Å². The lowest BCUT2D eigenvalue weighted by Gasteiger charge is -2.04. The lowest BCUT2D eigenvalue weighted by atomic mass is 10.0. The van der Waals surface area contributed by atoms with Crippen molar-refractivity contribution < 1.29 is 26.3 Å². The second-order valence-corrected chi connectivity index (χ2v) is 26.0. The van der Waals surface area contributed by atoms with Crippen LogP contribution in [0.4, 0.5) is 26.3 Å². The Kier molecular flexibility index (Phi) is 36.9. The number of aryl methyl sites for hydroxylation is 6. The van der Waals surface area contributed by atoms with E-state index in [2.05, 4.69) is 205 Å². The number of unbranched alkanes of at least 4 members (excludes halogenated alkanes) is 10. The van der Waals surface area contributed by atoms with Gasteiger partial charge in [0.15, 0.2) is 0 Å². The quantitative estimate of drug-likeness (QED) is 0.0290. The normalized spacial score (nSPS) is 10.5. The minimum Gasteiger partial charge on any atom is -0.228 e. The highest BCUT2D eigenvalue weighted by Gasteiger charge is 2.07. The highest BCUT2D eigenvalue weighted by Crippen LogP contribution is 2.26. The van der Waals surface area contributed by atoms with Crippen LogP contribution in [0.25, 0.3) is 66.8 Å². The molecule has 12 rings (SSSR count). The maximum absolute atomic E-state index is 12.8. The summed E-state index contributed by atoms with van der Waals surface area (Å²) < 4.78 is 76.2. The molecular formula is C93H102F6N6. The molecule has 12 heteroatoms. The third kappa shape index (κ3) is 30.6. The minimum atomic E-state index is -0.441. The molecule has 0 aliphatic carbocycles. The van der Waals surface area contributed by atoms with Gasteiger partial charge in [-0.15, -0.1) is 0 Å². The Balaban J connectivity index is 0.000000176. The first-order valence-corrected chi connectivity index (χ1v) is 37.5. The van der Waals surface area contributed by atoms with E-state index in [1.807, 2.05) is 12.1 Å². The number of rotatable bonds is 27. The topological polar surface area (TPSA) is 77.3 Å². The summed E-state index contributed by atoms with van der Waals surface area (Å²) in [6, 6.07) is 69.3. The summed E-state index contributed by atoms with van der Waals surface area (Å²) in [6.07, 6.45) is 35.1. The fourth-order valence-electron chi connectivity index (χ4n) is 11.5. The van der Waals surface area contributed by atoms with Gasteiger partial charge >= 0.3 is 0 Å². The lowest BCUT2D eigenvalue weighted by Crippen LogP contribution is -1.87. The molecule has 6 nitrogen and oxygen atoms in total. The van der Waals surface area contributed by atoms with E-state index in [-0.39, 0.29) is 0 Å². The van der Waals surface area contributed by atoms with Crippen LogP contribution in [-0.2, 0) is 38.5 Å². The summed E-state index contributed by atoms with van der Waals surface area (Å²) in [6.45, 7) is 13.2. The molecule has 0 fully saturated rings. The summed E-state index contributed by atoms with van der Waals surface area (Å²) in [5.41, 5.74) is 20.3. The first-order valence-electron chi connectivity index (χ1n) is 37.5. The van der Waals surface area contributed by atoms with Gasteiger partial charge in [-0.2, -0.15) is 26.3 Å². The van der Waals surface area contributed by atoms with Crippen molar-refractivity contribution in [3.05, 3.63) is 325 Å². The monoisotopic (exact) mass is 1420 g/mol. The third-order valence-electron chi connectivity index (χ3n) is 17.8. The molecule has 0 aliphatic heterocycles. The second-order valence-electron chi connectivity index (χ2n) is 26.0. The number of nitrogens with zero attached hydrogens (tertiary/aromatic N) is 6. The molecule has 12 aromatic rings. The molecule has 0 saturated heterocycles. The number of pyridine rings is 6. The summed E-state index contributed by atoms with van der Waals surface area (Å²) in [7, 11) is 0. The van der Waals surface area contributed by atoms with Gasteiger partial charge in [-0.25, -0.2) is 29.9 Å². The zero-order valence-electron chi connectivity index (χ0n) is 62.0. The maximum atomic E-state index is 12.8. The zero-order chi connectivity index (χ0) is 74.6. The van der Waals surface area contributed by atoms with Gasteiger partial charge in [-0.3, -0.25) is 0 Å². The molecule has 0 bridgehead atoms. The van der Waals surface area contributed by atoms with E-state index in [0.717, 1.165) is 112 Å². The summed E-state index contributed by atoms with van der Waals surface area (Å²) in [5.74, 6) is -2.62. The Bertz CT molecular complexity index is 4260. The predicted molar refractivity (Wildman–Crippen MR) is 423 cm³/mol. The third-order valence-corrected chi connectivity index (χ3v) is 17.8. The molecule has 0 amide bonds. The van der Waals surface area contributed by atoms with Crippen LogP contribution < -0.4 is 0 Å². The maximum Gasteiger partial charge on any atom is 0.212 e. The van der Waals surface area contributed by atoms with Crippen LogP contribution in [0, 0.1) is 35.7 Å². The summed E-state index contributed by atoms with van der Waals surface area (Å²) in [5, 5.41) is 0. The molecule has 6 aromatic carbocycles. The van der Waals surface area contributed by atoms with E-state index in [4.69, 9.17) is 0 Å².